The lowest BCUT2D eigenvalue weighted by Crippen LogP contribution is -2.23. The van der Waals surface area contributed by atoms with Crippen LogP contribution in [0, 0.1) is 12.7 Å². The minimum absolute atomic E-state index is 0.133. The van der Waals surface area contributed by atoms with Gasteiger partial charge >= 0.3 is 0 Å². The minimum atomic E-state index is -0.335. The second-order valence-corrected chi connectivity index (χ2v) is 6.31. The third kappa shape index (κ3) is 4.45. The number of halogens is 1. The number of hydrogen-bond donors (Lipinski definition) is 1. The Morgan fingerprint density at radius 1 is 1.20 bits per heavy atom. The van der Waals surface area contributed by atoms with E-state index >= 15 is 0 Å². The summed E-state index contributed by atoms with van der Waals surface area (Å²) in [6, 6.07) is 13.6. The molecule has 0 fully saturated rings. The summed E-state index contributed by atoms with van der Waals surface area (Å²) in [6.07, 6.45) is 0. The first-order chi connectivity index (χ1) is 12.1. The van der Waals surface area contributed by atoms with Gasteiger partial charge in [0.2, 0.25) is 5.89 Å². The molecule has 1 aromatic heterocycles. The number of carbonyl (C=O) groups excluding carboxylic acids is 1. The lowest BCUT2D eigenvalue weighted by Gasteiger charge is -2.10. The fourth-order valence-corrected chi connectivity index (χ4v) is 3.13. The van der Waals surface area contributed by atoms with Crippen molar-refractivity contribution in [1.82, 2.24) is 15.5 Å². The second-order valence-electron chi connectivity index (χ2n) is 5.29. The number of carbonyl (C=O) groups is 1. The number of nitrogens with zero attached hydrogens (tertiary/aromatic N) is 2. The number of aromatic nitrogens is 2. The molecule has 0 spiro atoms. The molecule has 0 unspecified atom stereocenters. The maximum atomic E-state index is 13.7. The first kappa shape index (κ1) is 17.2. The van der Waals surface area contributed by atoms with E-state index < -0.39 is 0 Å². The molecule has 1 heterocycles. The average Bonchev–Trinajstić information content (AvgIpc) is 3.04. The smallest absolute Gasteiger partial charge is 0.252 e. The minimum Gasteiger partial charge on any atom is -0.348 e. The zero-order chi connectivity index (χ0) is 17.6. The summed E-state index contributed by atoms with van der Waals surface area (Å²) >= 11 is 1.45. The van der Waals surface area contributed by atoms with Gasteiger partial charge in [0.1, 0.15) is 5.82 Å². The Morgan fingerprint density at radius 3 is 2.72 bits per heavy atom. The van der Waals surface area contributed by atoms with Gasteiger partial charge in [-0.25, -0.2) is 4.39 Å². The van der Waals surface area contributed by atoms with Gasteiger partial charge in [-0.1, -0.05) is 35.5 Å². The van der Waals surface area contributed by atoms with Gasteiger partial charge in [0.05, 0.1) is 11.3 Å². The molecule has 3 aromatic rings. The summed E-state index contributed by atoms with van der Waals surface area (Å²) in [4.78, 5) is 17.4. The summed E-state index contributed by atoms with van der Waals surface area (Å²) in [5, 5.41) is 6.60. The van der Waals surface area contributed by atoms with Crippen LogP contribution in [0.5, 0.6) is 0 Å². The molecule has 1 N–H and O–H groups in total. The van der Waals surface area contributed by atoms with Crippen LogP contribution in [-0.2, 0) is 12.3 Å². The standard InChI is InChI=1S/C18H16FN3O2S/c1-12-21-17(22-24-12)11-25-16-9-5-3-7-14(16)18(23)20-10-13-6-2-4-8-15(13)19/h2-9H,10-11H2,1H3,(H,20,23). The Kier molecular flexibility index (Phi) is 5.45. The van der Waals surface area contributed by atoms with Crippen LogP contribution in [0.1, 0.15) is 27.6 Å². The largest absolute Gasteiger partial charge is 0.348 e. The van der Waals surface area contributed by atoms with Gasteiger partial charge < -0.3 is 9.84 Å². The Bertz CT molecular complexity index is 882. The molecule has 0 aliphatic carbocycles. The first-order valence-corrected chi connectivity index (χ1v) is 8.64. The molecule has 0 saturated carbocycles. The van der Waals surface area contributed by atoms with Crippen LogP contribution in [0.3, 0.4) is 0 Å². The van der Waals surface area contributed by atoms with E-state index in [-0.39, 0.29) is 18.3 Å². The van der Waals surface area contributed by atoms with E-state index in [0.717, 1.165) is 4.90 Å². The number of benzene rings is 2. The summed E-state index contributed by atoms with van der Waals surface area (Å²) in [5.74, 6) is 0.985. The summed E-state index contributed by atoms with van der Waals surface area (Å²) in [6.45, 7) is 1.86. The Balaban J connectivity index is 1.67. The number of hydrogen-bond acceptors (Lipinski definition) is 5. The molecule has 0 bridgehead atoms. The molecule has 3 rings (SSSR count). The highest BCUT2D eigenvalue weighted by Crippen LogP contribution is 2.25. The zero-order valence-electron chi connectivity index (χ0n) is 13.5. The van der Waals surface area contributed by atoms with Gasteiger partial charge in [-0.05, 0) is 18.2 Å². The van der Waals surface area contributed by atoms with E-state index in [2.05, 4.69) is 15.5 Å². The Labute approximate surface area is 148 Å². The predicted octanol–water partition coefficient (Wildman–Crippen LogP) is 3.74. The molecule has 0 radical (unpaired) electrons. The first-order valence-electron chi connectivity index (χ1n) is 7.66. The van der Waals surface area contributed by atoms with Gasteiger partial charge in [-0.2, -0.15) is 4.98 Å². The summed E-state index contributed by atoms with van der Waals surface area (Å²) in [5.41, 5.74) is 0.979. The molecule has 0 aliphatic rings. The normalized spacial score (nSPS) is 10.6. The van der Waals surface area contributed by atoms with Crippen LogP contribution in [0.4, 0.5) is 4.39 Å². The van der Waals surface area contributed by atoms with Gasteiger partial charge in [-0.15, -0.1) is 11.8 Å². The Hall–Kier alpha value is -2.67. The molecule has 0 aliphatic heterocycles. The van der Waals surface area contributed by atoms with E-state index in [1.807, 2.05) is 12.1 Å². The van der Waals surface area contributed by atoms with Crippen molar-refractivity contribution in [2.24, 2.45) is 0 Å². The maximum absolute atomic E-state index is 13.7. The van der Waals surface area contributed by atoms with E-state index in [1.165, 1.54) is 17.8 Å². The van der Waals surface area contributed by atoms with E-state index in [9.17, 15) is 9.18 Å². The van der Waals surface area contributed by atoms with Crippen LogP contribution in [0.15, 0.2) is 57.9 Å². The predicted molar refractivity (Wildman–Crippen MR) is 92.6 cm³/mol. The van der Waals surface area contributed by atoms with Gasteiger partial charge in [0.25, 0.3) is 5.91 Å². The van der Waals surface area contributed by atoms with Crippen molar-refractivity contribution >= 4 is 17.7 Å². The molecule has 0 saturated heterocycles. The van der Waals surface area contributed by atoms with Crippen molar-refractivity contribution in [2.45, 2.75) is 24.1 Å². The van der Waals surface area contributed by atoms with Gasteiger partial charge in [0.15, 0.2) is 5.82 Å². The van der Waals surface area contributed by atoms with Crippen molar-refractivity contribution in [3.8, 4) is 0 Å². The zero-order valence-corrected chi connectivity index (χ0v) is 14.3. The van der Waals surface area contributed by atoms with Crippen LogP contribution in [0.2, 0.25) is 0 Å². The summed E-state index contributed by atoms with van der Waals surface area (Å²) < 4.78 is 18.6. The summed E-state index contributed by atoms with van der Waals surface area (Å²) in [7, 11) is 0. The SMILES string of the molecule is Cc1nc(CSc2ccccc2C(=O)NCc2ccccc2F)no1. The van der Waals surface area contributed by atoms with E-state index in [0.29, 0.717) is 28.6 Å². The van der Waals surface area contributed by atoms with Gasteiger partial charge in [-0.3, -0.25) is 4.79 Å². The highest BCUT2D eigenvalue weighted by atomic mass is 32.2. The average molecular weight is 357 g/mol. The topological polar surface area (TPSA) is 68.0 Å². The second kappa shape index (κ2) is 7.94. The number of aryl methyl sites for hydroxylation is 1. The number of nitrogens with one attached hydrogen (secondary N) is 1. The van der Waals surface area contributed by atoms with Crippen LogP contribution < -0.4 is 5.32 Å². The molecular formula is C18H16FN3O2S. The van der Waals surface area contributed by atoms with Crippen molar-refractivity contribution in [1.29, 1.82) is 0 Å². The number of rotatable bonds is 6. The van der Waals surface area contributed by atoms with Crippen molar-refractivity contribution < 1.29 is 13.7 Å². The fraction of sp³-hybridized carbons (Fsp3) is 0.167. The number of thioether (sulfide) groups is 1. The Morgan fingerprint density at radius 2 is 1.96 bits per heavy atom. The molecule has 5 nitrogen and oxygen atoms in total. The maximum Gasteiger partial charge on any atom is 0.252 e. The molecule has 2 aromatic carbocycles. The lowest BCUT2D eigenvalue weighted by atomic mass is 10.2. The fourth-order valence-electron chi connectivity index (χ4n) is 2.23. The van der Waals surface area contributed by atoms with Gasteiger partial charge in [0, 0.05) is 23.9 Å². The van der Waals surface area contributed by atoms with Crippen molar-refractivity contribution in [2.75, 3.05) is 0 Å². The molecule has 128 valence electrons. The highest BCUT2D eigenvalue weighted by molar-refractivity contribution is 7.98. The third-order valence-electron chi connectivity index (χ3n) is 3.46. The van der Waals surface area contributed by atoms with Crippen LogP contribution in [-0.4, -0.2) is 16.0 Å². The quantitative estimate of drug-likeness (QED) is 0.681. The number of amides is 1. The lowest BCUT2D eigenvalue weighted by molar-refractivity contribution is 0.0947. The molecule has 25 heavy (non-hydrogen) atoms. The van der Waals surface area contributed by atoms with Crippen LogP contribution >= 0.6 is 11.8 Å². The highest BCUT2D eigenvalue weighted by Gasteiger charge is 2.13. The molecule has 7 heteroatoms. The third-order valence-corrected chi connectivity index (χ3v) is 4.52. The van der Waals surface area contributed by atoms with E-state index in [4.69, 9.17) is 4.52 Å². The van der Waals surface area contributed by atoms with Crippen molar-refractivity contribution in [3.63, 3.8) is 0 Å². The van der Waals surface area contributed by atoms with Crippen LogP contribution in [0.25, 0.3) is 0 Å². The van der Waals surface area contributed by atoms with E-state index in [1.54, 1.807) is 37.3 Å². The molecule has 1 amide bonds. The van der Waals surface area contributed by atoms with Crippen molar-refractivity contribution in [3.05, 3.63) is 77.2 Å². The monoisotopic (exact) mass is 357 g/mol. The molecule has 0 atom stereocenters. The molecular weight excluding hydrogens is 341 g/mol.